The average molecular weight is 237 g/mol. The number of carbonyl (C=O) groups is 1. The summed E-state index contributed by atoms with van der Waals surface area (Å²) in [5.41, 5.74) is 1.08. The van der Waals surface area contributed by atoms with Crippen molar-refractivity contribution in [2.24, 2.45) is 0 Å². The Morgan fingerprint density at radius 3 is 2.94 bits per heavy atom. The van der Waals surface area contributed by atoms with Crippen LogP contribution in [-0.4, -0.2) is 40.7 Å². The summed E-state index contributed by atoms with van der Waals surface area (Å²) in [5, 5.41) is 0. The molecule has 0 unspecified atom stereocenters. The molecule has 1 saturated heterocycles. The lowest BCUT2D eigenvalue weighted by molar-refractivity contribution is 0.0942. The van der Waals surface area contributed by atoms with Crippen LogP contribution in [0, 0.1) is 0 Å². The molecule has 1 N–H and O–H groups in total. The van der Waals surface area contributed by atoms with E-state index in [0.29, 0.717) is 6.61 Å². The van der Waals surface area contributed by atoms with Gasteiger partial charge in [0.2, 0.25) is 0 Å². The van der Waals surface area contributed by atoms with E-state index in [-0.39, 0.29) is 6.09 Å². The summed E-state index contributed by atoms with van der Waals surface area (Å²) in [6.07, 6.45) is 8.43. The molecule has 0 bridgehead atoms. The van der Waals surface area contributed by atoms with Gasteiger partial charge < -0.3 is 14.6 Å². The smallest absolute Gasteiger partial charge is 0.409 e. The van der Waals surface area contributed by atoms with Crippen molar-refractivity contribution in [3.8, 4) is 0 Å². The van der Waals surface area contributed by atoms with Crippen LogP contribution in [-0.2, 0) is 11.2 Å². The number of aromatic nitrogens is 2. The minimum Gasteiger partial charge on any atom is -0.449 e. The summed E-state index contributed by atoms with van der Waals surface area (Å²) < 4.78 is 5.23. The Morgan fingerprint density at radius 1 is 1.41 bits per heavy atom. The first-order valence-electron chi connectivity index (χ1n) is 6.25. The molecule has 0 saturated carbocycles. The molecule has 1 amide bonds. The number of carbonyl (C=O) groups excluding carboxylic acids is 1. The zero-order valence-electron chi connectivity index (χ0n) is 10.0. The summed E-state index contributed by atoms with van der Waals surface area (Å²) in [7, 11) is 0. The Hall–Kier alpha value is -1.52. The lowest BCUT2D eigenvalue weighted by Crippen LogP contribution is -2.36. The molecule has 94 valence electrons. The van der Waals surface area contributed by atoms with Gasteiger partial charge in [-0.25, -0.2) is 9.78 Å². The molecule has 1 aliphatic heterocycles. The standard InChI is InChI=1S/C12H19N3O2/c16-12(15-6-2-1-3-7-15)17-8-4-5-11-9-13-10-14-11/h9-10H,1-8H2,(H,13,14). The van der Waals surface area contributed by atoms with Crippen LogP contribution in [0.4, 0.5) is 4.79 Å². The van der Waals surface area contributed by atoms with Gasteiger partial charge in [-0.15, -0.1) is 0 Å². The van der Waals surface area contributed by atoms with Crippen molar-refractivity contribution >= 4 is 6.09 Å². The van der Waals surface area contributed by atoms with Gasteiger partial charge in [0, 0.05) is 25.0 Å². The van der Waals surface area contributed by atoms with E-state index in [0.717, 1.165) is 44.5 Å². The molecule has 5 nitrogen and oxygen atoms in total. The molecule has 0 atom stereocenters. The number of ether oxygens (including phenoxy) is 1. The molecular weight excluding hydrogens is 218 g/mol. The van der Waals surface area contributed by atoms with Gasteiger partial charge in [0.05, 0.1) is 12.9 Å². The maximum Gasteiger partial charge on any atom is 0.409 e. The number of rotatable bonds is 4. The van der Waals surface area contributed by atoms with Gasteiger partial charge >= 0.3 is 6.09 Å². The first-order chi connectivity index (χ1) is 8.36. The number of aryl methyl sites for hydroxylation is 1. The quantitative estimate of drug-likeness (QED) is 0.814. The minimum atomic E-state index is -0.158. The van der Waals surface area contributed by atoms with Crippen molar-refractivity contribution in [3.63, 3.8) is 0 Å². The predicted octanol–water partition coefficient (Wildman–Crippen LogP) is 1.96. The van der Waals surface area contributed by atoms with Gasteiger partial charge in [-0.2, -0.15) is 0 Å². The molecule has 0 aliphatic carbocycles. The Bertz CT molecular complexity index is 332. The first-order valence-corrected chi connectivity index (χ1v) is 6.25. The molecule has 1 aromatic heterocycles. The highest BCUT2D eigenvalue weighted by atomic mass is 16.6. The zero-order chi connectivity index (χ0) is 11.9. The van der Waals surface area contributed by atoms with E-state index in [1.54, 1.807) is 17.4 Å². The fourth-order valence-corrected chi connectivity index (χ4v) is 2.01. The van der Waals surface area contributed by atoms with Crippen molar-refractivity contribution in [3.05, 3.63) is 18.2 Å². The SMILES string of the molecule is O=C(OCCCc1cnc[nH]1)N1CCCCC1. The second-order valence-electron chi connectivity index (χ2n) is 4.34. The predicted molar refractivity (Wildman–Crippen MR) is 63.7 cm³/mol. The molecule has 0 spiro atoms. The summed E-state index contributed by atoms with van der Waals surface area (Å²) in [6.45, 7) is 2.17. The van der Waals surface area contributed by atoms with Crippen molar-refractivity contribution in [2.45, 2.75) is 32.1 Å². The minimum absolute atomic E-state index is 0.158. The molecular formula is C12H19N3O2. The highest BCUT2D eigenvalue weighted by Crippen LogP contribution is 2.10. The second-order valence-corrected chi connectivity index (χ2v) is 4.34. The Kier molecular flexibility index (Phi) is 4.41. The Morgan fingerprint density at radius 2 is 2.24 bits per heavy atom. The average Bonchev–Trinajstić information content (AvgIpc) is 2.88. The monoisotopic (exact) mass is 237 g/mol. The number of hydrogen-bond acceptors (Lipinski definition) is 3. The maximum absolute atomic E-state index is 11.6. The maximum atomic E-state index is 11.6. The van der Waals surface area contributed by atoms with Crippen LogP contribution in [0.1, 0.15) is 31.4 Å². The van der Waals surface area contributed by atoms with E-state index in [9.17, 15) is 4.79 Å². The van der Waals surface area contributed by atoms with E-state index in [4.69, 9.17) is 4.74 Å². The van der Waals surface area contributed by atoms with Crippen LogP contribution in [0.25, 0.3) is 0 Å². The van der Waals surface area contributed by atoms with Gasteiger partial charge in [-0.1, -0.05) is 0 Å². The number of aromatic amines is 1. The third kappa shape index (κ3) is 3.76. The number of amides is 1. The third-order valence-electron chi connectivity index (χ3n) is 2.99. The number of nitrogens with one attached hydrogen (secondary N) is 1. The normalized spacial score (nSPS) is 15.9. The lowest BCUT2D eigenvalue weighted by atomic mass is 10.1. The Labute approximate surface area is 101 Å². The molecule has 1 aromatic rings. The topological polar surface area (TPSA) is 58.2 Å². The fraction of sp³-hybridized carbons (Fsp3) is 0.667. The summed E-state index contributed by atoms with van der Waals surface area (Å²) in [4.78, 5) is 20.4. The van der Waals surface area contributed by atoms with Crippen LogP contribution < -0.4 is 0 Å². The van der Waals surface area contributed by atoms with E-state index in [1.807, 2.05) is 0 Å². The molecule has 2 rings (SSSR count). The molecule has 0 radical (unpaired) electrons. The Balaban J connectivity index is 1.59. The van der Waals surface area contributed by atoms with E-state index in [1.165, 1.54) is 6.42 Å². The molecule has 1 aliphatic rings. The van der Waals surface area contributed by atoms with Crippen LogP contribution in [0.2, 0.25) is 0 Å². The van der Waals surface area contributed by atoms with Gasteiger partial charge in [-0.05, 0) is 32.1 Å². The second kappa shape index (κ2) is 6.27. The number of hydrogen-bond donors (Lipinski definition) is 1. The van der Waals surface area contributed by atoms with Crippen LogP contribution >= 0.6 is 0 Å². The van der Waals surface area contributed by atoms with Crippen LogP contribution in [0.5, 0.6) is 0 Å². The first kappa shape index (κ1) is 12.0. The molecule has 5 heteroatoms. The lowest BCUT2D eigenvalue weighted by Gasteiger charge is -2.25. The van der Waals surface area contributed by atoms with Gasteiger partial charge in [0.1, 0.15) is 0 Å². The number of H-pyrrole nitrogens is 1. The van der Waals surface area contributed by atoms with Crippen molar-refractivity contribution < 1.29 is 9.53 Å². The van der Waals surface area contributed by atoms with Crippen molar-refractivity contribution in [2.75, 3.05) is 19.7 Å². The largest absolute Gasteiger partial charge is 0.449 e. The summed E-state index contributed by atoms with van der Waals surface area (Å²) >= 11 is 0. The highest BCUT2D eigenvalue weighted by molar-refractivity contribution is 5.67. The molecule has 0 aromatic carbocycles. The van der Waals surface area contributed by atoms with Crippen LogP contribution in [0.15, 0.2) is 12.5 Å². The van der Waals surface area contributed by atoms with E-state index in [2.05, 4.69) is 9.97 Å². The molecule has 17 heavy (non-hydrogen) atoms. The number of likely N-dealkylation sites (tertiary alicyclic amines) is 1. The summed E-state index contributed by atoms with van der Waals surface area (Å²) in [5.74, 6) is 0. The van der Waals surface area contributed by atoms with Crippen molar-refractivity contribution in [1.82, 2.24) is 14.9 Å². The molecule has 2 heterocycles. The third-order valence-corrected chi connectivity index (χ3v) is 2.99. The highest BCUT2D eigenvalue weighted by Gasteiger charge is 2.17. The van der Waals surface area contributed by atoms with Crippen LogP contribution in [0.3, 0.4) is 0 Å². The molecule has 1 fully saturated rings. The van der Waals surface area contributed by atoms with E-state index < -0.39 is 0 Å². The fourth-order valence-electron chi connectivity index (χ4n) is 2.01. The summed E-state index contributed by atoms with van der Waals surface area (Å²) in [6, 6.07) is 0. The number of nitrogens with zero attached hydrogens (tertiary/aromatic N) is 2. The zero-order valence-corrected chi connectivity index (χ0v) is 10.0. The number of imidazole rings is 1. The van der Waals surface area contributed by atoms with Gasteiger partial charge in [0.15, 0.2) is 0 Å². The van der Waals surface area contributed by atoms with Gasteiger partial charge in [-0.3, -0.25) is 0 Å². The van der Waals surface area contributed by atoms with Crippen molar-refractivity contribution in [1.29, 1.82) is 0 Å². The number of piperidine rings is 1. The van der Waals surface area contributed by atoms with Gasteiger partial charge in [0.25, 0.3) is 0 Å². The van der Waals surface area contributed by atoms with E-state index >= 15 is 0 Å².